The molecule has 3 nitrogen and oxygen atoms in total. The smallest absolute Gasteiger partial charge is 0.317 e. The number of carboxylic acid groups (broad SMARTS) is 1. The van der Waals surface area contributed by atoms with E-state index in [1.807, 2.05) is 0 Å². The zero-order chi connectivity index (χ0) is 14.6. The summed E-state index contributed by atoms with van der Waals surface area (Å²) in [6.07, 6.45) is 6.02. The molecule has 0 saturated heterocycles. The van der Waals surface area contributed by atoms with Gasteiger partial charge >= 0.3 is 5.97 Å². The van der Waals surface area contributed by atoms with Crippen LogP contribution >= 0.6 is 0 Å². The van der Waals surface area contributed by atoms with Crippen LogP contribution in [0.4, 0.5) is 0 Å². The molecular weight excluding hydrogens is 238 g/mol. The summed E-state index contributed by atoms with van der Waals surface area (Å²) >= 11 is 0. The standard InChI is InChI=1S/C16H31NO2/c1-6-16(4,5)13-7-9-14(10-8-13)17(12(2)3)11-15(18)19/h12-14H,6-11H2,1-5H3,(H,18,19). The van der Waals surface area contributed by atoms with E-state index in [1.165, 1.54) is 19.3 Å². The molecule has 0 heterocycles. The summed E-state index contributed by atoms with van der Waals surface area (Å²) < 4.78 is 0. The molecule has 19 heavy (non-hydrogen) atoms. The van der Waals surface area contributed by atoms with Gasteiger partial charge < -0.3 is 5.11 Å². The Morgan fingerprint density at radius 3 is 2.16 bits per heavy atom. The molecule has 0 aliphatic heterocycles. The Hall–Kier alpha value is -0.570. The van der Waals surface area contributed by atoms with Gasteiger partial charge in [-0.05, 0) is 50.9 Å². The maximum Gasteiger partial charge on any atom is 0.317 e. The maximum atomic E-state index is 11.0. The van der Waals surface area contributed by atoms with Crippen LogP contribution in [0.15, 0.2) is 0 Å². The summed E-state index contributed by atoms with van der Waals surface area (Å²) in [7, 11) is 0. The summed E-state index contributed by atoms with van der Waals surface area (Å²) in [5, 5.41) is 9.04. The second kappa shape index (κ2) is 6.74. The third-order valence-corrected chi connectivity index (χ3v) is 5.16. The Morgan fingerprint density at radius 1 is 1.26 bits per heavy atom. The molecule has 0 spiro atoms. The predicted molar refractivity (Wildman–Crippen MR) is 79.3 cm³/mol. The van der Waals surface area contributed by atoms with Crippen molar-refractivity contribution >= 4 is 5.97 Å². The Kier molecular flexibility index (Phi) is 5.84. The molecule has 112 valence electrons. The molecule has 0 radical (unpaired) electrons. The van der Waals surface area contributed by atoms with E-state index in [0.717, 1.165) is 18.8 Å². The third kappa shape index (κ3) is 4.48. The Morgan fingerprint density at radius 2 is 1.79 bits per heavy atom. The van der Waals surface area contributed by atoms with Crippen LogP contribution in [-0.2, 0) is 4.79 Å². The van der Waals surface area contributed by atoms with E-state index >= 15 is 0 Å². The van der Waals surface area contributed by atoms with Gasteiger partial charge in [-0.1, -0.05) is 27.2 Å². The van der Waals surface area contributed by atoms with Crippen molar-refractivity contribution in [3.8, 4) is 0 Å². The van der Waals surface area contributed by atoms with Crippen molar-refractivity contribution < 1.29 is 9.90 Å². The highest BCUT2D eigenvalue weighted by Crippen LogP contribution is 2.41. The number of hydrogen-bond donors (Lipinski definition) is 1. The molecule has 0 atom stereocenters. The number of nitrogens with zero attached hydrogens (tertiary/aromatic N) is 1. The van der Waals surface area contributed by atoms with Crippen LogP contribution in [0.3, 0.4) is 0 Å². The normalized spacial score (nSPS) is 25.0. The van der Waals surface area contributed by atoms with Crippen molar-refractivity contribution in [1.82, 2.24) is 4.90 Å². The van der Waals surface area contributed by atoms with Gasteiger partial charge in [0.25, 0.3) is 0 Å². The quantitative estimate of drug-likeness (QED) is 0.798. The zero-order valence-electron chi connectivity index (χ0n) is 13.3. The van der Waals surface area contributed by atoms with Crippen molar-refractivity contribution in [3.63, 3.8) is 0 Å². The van der Waals surface area contributed by atoms with Crippen LogP contribution in [0.2, 0.25) is 0 Å². The van der Waals surface area contributed by atoms with Gasteiger partial charge in [0, 0.05) is 12.1 Å². The van der Waals surface area contributed by atoms with Crippen molar-refractivity contribution in [2.75, 3.05) is 6.54 Å². The topological polar surface area (TPSA) is 40.5 Å². The largest absolute Gasteiger partial charge is 0.480 e. The monoisotopic (exact) mass is 269 g/mol. The van der Waals surface area contributed by atoms with E-state index < -0.39 is 5.97 Å². The minimum Gasteiger partial charge on any atom is -0.480 e. The first-order valence-corrected chi connectivity index (χ1v) is 7.75. The highest BCUT2D eigenvalue weighted by atomic mass is 16.4. The fourth-order valence-electron chi connectivity index (χ4n) is 3.37. The minimum absolute atomic E-state index is 0.185. The van der Waals surface area contributed by atoms with Gasteiger partial charge in [-0.2, -0.15) is 0 Å². The first-order valence-electron chi connectivity index (χ1n) is 7.75. The predicted octanol–water partition coefficient (Wildman–Crippen LogP) is 3.78. The van der Waals surface area contributed by atoms with E-state index in [0.29, 0.717) is 17.5 Å². The molecule has 0 aromatic heterocycles. The summed E-state index contributed by atoms with van der Waals surface area (Å²) in [5.41, 5.74) is 0.431. The van der Waals surface area contributed by atoms with Gasteiger partial charge in [0.1, 0.15) is 0 Å². The number of aliphatic carboxylic acids is 1. The van der Waals surface area contributed by atoms with Gasteiger partial charge in [0.05, 0.1) is 6.54 Å². The zero-order valence-corrected chi connectivity index (χ0v) is 13.3. The number of rotatable bonds is 6. The summed E-state index contributed by atoms with van der Waals surface area (Å²) in [6, 6.07) is 0.775. The van der Waals surface area contributed by atoms with Crippen LogP contribution in [0, 0.1) is 11.3 Å². The first kappa shape index (κ1) is 16.5. The lowest BCUT2D eigenvalue weighted by atomic mass is 9.68. The maximum absolute atomic E-state index is 11.0. The van der Waals surface area contributed by atoms with Crippen LogP contribution in [0.5, 0.6) is 0 Å². The lowest BCUT2D eigenvalue weighted by Crippen LogP contribution is -2.46. The van der Waals surface area contributed by atoms with Crippen molar-refractivity contribution in [1.29, 1.82) is 0 Å². The van der Waals surface area contributed by atoms with Crippen LogP contribution in [0.25, 0.3) is 0 Å². The van der Waals surface area contributed by atoms with Crippen LogP contribution in [0.1, 0.15) is 66.7 Å². The summed E-state index contributed by atoms with van der Waals surface area (Å²) in [5.74, 6) is 0.0947. The second-order valence-electron chi connectivity index (χ2n) is 7.01. The molecule has 0 unspecified atom stereocenters. The third-order valence-electron chi connectivity index (χ3n) is 5.16. The van der Waals surface area contributed by atoms with E-state index in [-0.39, 0.29) is 6.54 Å². The van der Waals surface area contributed by atoms with Crippen molar-refractivity contribution in [3.05, 3.63) is 0 Å². The molecular formula is C16H31NO2. The van der Waals surface area contributed by atoms with Gasteiger partial charge in [-0.3, -0.25) is 9.69 Å². The molecule has 1 aliphatic rings. The fourth-order valence-corrected chi connectivity index (χ4v) is 3.37. The summed E-state index contributed by atoms with van der Waals surface area (Å²) in [4.78, 5) is 13.1. The minimum atomic E-state index is -0.704. The first-order chi connectivity index (χ1) is 8.77. The number of carbonyl (C=O) groups is 1. The van der Waals surface area contributed by atoms with Gasteiger partial charge in [0.15, 0.2) is 0 Å². The molecule has 0 amide bonds. The van der Waals surface area contributed by atoms with E-state index in [9.17, 15) is 4.79 Å². The molecule has 0 bridgehead atoms. The molecule has 1 fully saturated rings. The average Bonchev–Trinajstić information content (AvgIpc) is 2.35. The lowest BCUT2D eigenvalue weighted by Gasteiger charge is -2.43. The Labute approximate surface area is 118 Å². The van der Waals surface area contributed by atoms with Gasteiger partial charge in [-0.25, -0.2) is 0 Å². The van der Waals surface area contributed by atoms with Crippen LogP contribution in [-0.4, -0.2) is 34.6 Å². The molecule has 1 saturated carbocycles. The highest BCUT2D eigenvalue weighted by Gasteiger charge is 2.34. The average molecular weight is 269 g/mol. The van der Waals surface area contributed by atoms with Crippen molar-refractivity contribution in [2.45, 2.75) is 78.8 Å². The lowest BCUT2D eigenvalue weighted by molar-refractivity contribution is -0.139. The molecule has 1 N–H and O–H groups in total. The summed E-state index contributed by atoms with van der Waals surface area (Å²) in [6.45, 7) is 11.4. The van der Waals surface area contributed by atoms with E-state index in [2.05, 4.69) is 39.5 Å². The Bertz CT molecular complexity index is 291. The Balaban J connectivity index is 2.58. The molecule has 1 aliphatic carbocycles. The van der Waals surface area contributed by atoms with Crippen LogP contribution < -0.4 is 0 Å². The van der Waals surface area contributed by atoms with Gasteiger partial charge in [0.2, 0.25) is 0 Å². The molecule has 3 heteroatoms. The van der Waals surface area contributed by atoms with Gasteiger partial charge in [-0.15, -0.1) is 0 Å². The van der Waals surface area contributed by atoms with Crippen molar-refractivity contribution in [2.24, 2.45) is 11.3 Å². The van der Waals surface area contributed by atoms with E-state index in [4.69, 9.17) is 5.11 Å². The molecule has 0 aromatic rings. The number of hydrogen-bond acceptors (Lipinski definition) is 2. The number of carboxylic acids is 1. The molecule has 1 rings (SSSR count). The molecule has 0 aromatic carbocycles. The highest BCUT2D eigenvalue weighted by molar-refractivity contribution is 5.69. The fraction of sp³-hybridized carbons (Fsp3) is 0.938. The van der Waals surface area contributed by atoms with E-state index in [1.54, 1.807) is 0 Å². The SMILES string of the molecule is CCC(C)(C)C1CCC(N(CC(=O)O)C(C)C)CC1. The second-order valence-corrected chi connectivity index (χ2v) is 7.01.